The molecular formula is C25H31N3O4S. The minimum absolute atomic E-state index is 0.0226. The number of carbonyl (C=O) groups excluding carboxylic acids is 1. The fraction of sp³-hybridized carbons (Fsp3) is 0.480. The molecular weight excluding hydrogens is 438 g/mol. The lowest BCUT2D eigenvalue weighted by atomic mass is 10.1. The van der Waals surface area contributed by atoms with E-state index in [1.54, 1.807) is 4.57 Å². The van der Waals surface area contributed by atoms with Crippen molar-refractivity contribution in [3.8, 4) is 11.5 Å². The highest BCUT2D eigenvalue weighted by atomic mass is 32.1. The Balaban J connectivity index is 1.61. The van der Waals surface area contributed by atoms with Crippen LogP contribution in [-0.4, -0.2) is 28.7 Å². The van der Waals surface area contributed by atoms with Crippen LogP contribution in [0.5, 0.6) is 11.5 Å². The highest BCUT2D eigenvalue weighted by molar-refractivity contribution is 7.20. The number of thiophene rings is 1. The third kappa shape index (κ3) is 4.62. The summed E-state index contributed by atoms with van der Waals surface area (Å²) in [5.74, 6) is 1.99. The number of aromatic nitrogens is 2. The molecule has 0 aliphatic carbocycles. The summed E-state index contributed by atoms with van der Waals surface area (Å²) in [6.45, 7) is 9.40. The smallest absolute Gasteiger partial charge is 0.262 e. The third-order valence-electron chi connectivity index (χ3n) is 6.03. The maximum atomic E-state index is 13.2. The number of carbonyl (C=O) groups is 1. The van der Waals surface area contributed by atoms with Crippen LogP contribution in [0.1, 0.15) is 72.7 Å². The Morgan fingerprint density at radius 2 is 1.94 bits per heavy atom. The highest BCUT2D eigenvalue weighted by Crippen LogP contribution is 2.32. The Labute approximate surface area is 197 Å². The molecule has 0 spiro atoms. The summed E-state index contributed by atoms with van der Waals surface area (Å²) in [5, 5.41) is 3.64. The molecule has 33 heavy (non-hydrogen) atoms. The van der Waals surface area contributed by atoms with E-state index in [-0.39, 0.29) is 17.5 Å². The first kappa shape index (κ1) is 23.3. The van der Waals surface area contributed by atoms with Crippen molar-refractivity contribution < 1.29 is 14.3 Å². The summed E-state index contributed by atoms with van der Waals surface area (Å²) < 4.78 is 13.2. The number of rotatable bonds is 7. The SMILES string of the molecule is CCOc1ccc([C@@H](C)NC(=O)c2sc3nc4n(c(=O)c3c2C)CCCCC4)cc1OCC. The van der Waals surface area contributed by atoms with Crippen molar-refractivity contribution in [2.75, 3.05) is 13.2 Å². The van der Waals surface area contributed by atoms with Crippen molar-refractivity contribution in [1.29, 1.82) is 0 Å². The summed E-state index contributed by atoms with van der Waals surface area (Å²) >= 11 is 1.30. The van der Waals surface area contributed by atoms with Crippen LogP contribution in [0, 0.1) is 6.92 Å². The van der Waals surface area contributed by atoms with E-state index in [1.165, 1.54) is 11.3 Å². The van der Waals surface area contributed by atoms with E-state index in [2.05, 4.69) is 5.32 Å². The summed E-state index contributed by atoms with van der Waals surface area (Å²) in [5.41, 5.74) is 1.60. The number of amides is 1. The molecule has 1 N–H and O–H groups in total. The predicted octanol–water partition coefficient (Wildman–Crippen LogP) is 4.78. The topological polar surface area (TPSA) is 82.5 Å². The van der Waals surface area contributed by atoms with Gasteiger partial charge in [0, 0.05) is 13.0 Å². The second kappa shape index (κ2) is 9.95. The molecule has 8 heteroatoms. The van der Waals surface area contributed by atoms with Gasteiger partial charge in [-0.15, -0.1) is 11.3 Å². The Bertz CT molecular complexity index is 1230. The monoisotopic (exact) mass is 469 g/mol. The van der Waals surface area contributed by atoms with Crippen LogP contribution >= 0.6 is 11.3 Å². The fourth-order valence-electron chi connectivity index (χ4n) is 4.31. The molecule has 3 heterocycles. The van der Waals surface area contributed by atoms with Crippen molar-refractivity contribution in [2.24, 2.45) is 0 Å². The minimum atomic E-state index is -0.247. The largest absolute Gasteiger partial charge is 0.490 e. The molecule has 7 nitrogen and oxygen atoms in total. The predicted molar refractivity (Wildman–Crippen MR) is 131 cm³/mol. The van der Waals surface area contributed by atoms with Crippen LogP contribution < -0.4 is 20.3 Å². The van der Waals surface area contributed by atoms with Crippen LogP contribution in [0.2, 0.25) is 0 Å². The lowest BCUT2D eigenvalue weighted by Crippen LogP contribution is -2.27. The molecule has 0 saturated heterocycles. The molecule has 3 aromatic rings. The first-order valence-electron chi connectivity index (χ1n) is 11.7. The van der Waals surface area contributed by atoms with Gasteiger partial charge in [-0.25, -0.2) is 4.98 Å². The van der Waals surface area contributed by atoms with Crippen molar-refractivity contribution in [2.45, 2.75) is 66.0 Å². The quantitative estimate of drug-likeness (QED) is 0.538. The average molecular weight is 470 g/mol. The molecule has 4 rings (SSSR count). The van der Waals surface area contributed by atoms with Gasteiger partial charge in [-0.2, -0.15) is 0 Å². The Morgan fingerprint density at radius 3 is 2.70 bits per heavy atom. The molecule has 0 saturated carbocycles. The number of nitrogens with zero attached hydrogens (tertiary/aromatic N) is 2. The molecule has 1 amide bonds. The first-order valence-corrected chi connectivity index (χ1v) is 12.5. The van der Waals surface area contributed by atoms with Crippen LogP contribution in [0.4, 0.5) is 0 Å². The Kier molecular flexibility index (Phi) is 7.02. The van der Waals surface area contributed by atoms with E-state index in [0.29, 0.717) is 51.9 Å². The Morgan fingerprint density at radius 1 is 1.18 bits per heavy atom. The maximum absolute atomic E-state index is 13.2. The van der Waals surface area contributed by atoms with Gasteiger partial charge in [0.1, 0.15) is 10.7 Å². The van der Waals surface area contributed by atoms with Gasteiger partial charge in [-0.3, -0.25) is 14.2 Å². The van der Waals surface area contributed by atoms with E-state index in [1.807, 2.05) is 45.9 Å². The fourth-order valence-corrected chi connectivity index (χ4v) is 5.40. The van der Waals surface area contributed by atoms with Crippen molar-refractivity contribution in [3.05, 3.63) is 50.4 Å². The van der Waals surface area contributed by atoms with Crippen molar-refractivity contribution >= 4 is 27.5 Å². The summed E-state index contributed by atoms with van der Waals surface area (Å²) in [6, 6.07) is 5.46. The van der Waals surface area contributed by atoms with Gasteiger partial charge in [0.15, 0.2) is 11.5 Å². The zero-order valence-corrected chi connectivity index (χ0v) is 20.5. The third-order valence-corrected chi connectivity index (χ3v) is 7.22. The molecule has 1 aliphatic rings. The number of nitrogens with one attached hydrogen (secondary N) is 1. The number of hydrogen-bond donors (Lipinski definition) is 1. The lowest BCUT2D eigenvalue weighted by molar-refractivity contribution is 0.0943. The molecule has 1 aromatic carbocycles. The number of aryl methyl sites for hydroxylation is 2. The van der Waals surface area contributed by atoms with Gasteiger partial charge < -0.3 is 14.8 Å². The Hall–Kier alpha value is -2.87. The maximum Gasteiger partial charge on any atom is 0.262 e. The molecule has 0 unspecified atom stereocenters. The van der Waals surface area contributed by atoms with Gasteiger partial charge in [0.05, 0.1) is 29.5 Å². The zero-order chi connectivity index (χ0) is 23.5. The van der Waals surface area contributed by atoms with Gasteiger partial charge >= 0.3 is 0 Å². The second-order valence-corrected chi connectivity index (χ2v) is 9.30. The highest BCUT2D eigenvalue weighted by Gasteiger charge is 2.23. The number of ether oxygens (including phenoxy) is 2. The molecule has 176 valence electrons. The molecule has 0 bridgehead atoms. The first-order chi connectivity index (χ1) is 15.9. The second-order valence-electron chi connectivity index (χ2n) is 8.30. The summed E-state index contributed by atoms with van der Waals surface area (Å²) in [7, 11) is 0. The minimum Gasteiger partial charge on any atom is -0.490 e. The molecule has 2 aromatic heterocycles. The van der Waals surface area contributed by atoms with Crippen LogP contribution in [-0.2, 0) is 13.0 Å². The van der Waals surface area contributed by atoms with Gasteiger partial charge in [0.25, 0.3) is 11.5 Å². The van der Waals surface area contributed by atoms with E-state index >= 15 is 0 Å². The summed E-state index contributed by atoms with van der Waals surface area (Å²) in [4.78, 5) is 32.3. The molecule has 1 atom stereocenters. The van der Waals surface area contributed by atoms with E-state index in [0.717, 1.165) is 37.1 Å². The normalized spacial score (nSPS) is 14.4. The number of benzene rings is 1. The summed E-state index contributed by atoms with van der Waals surface area (Å²) in [6.07, 6.45) is 3.94. The lowest BCUT2D eigenvalue weighted by Gasteiger charge is -2.17. The van der Waals surface area contributed by atoms with Crippen LogP contribution in [0.25, 0.3) is 10.2 Å². The molecule has 0 radical (unpaired) electrons. The average Bonchev–Trinajstić information content (AvgIpc) is 2.95. The number of hydrogen-bond acceptors (Lipinski definition) is 6. The van der Waals surface area contributed by atoms with Gasteiger partial charge in [-0.05, 0) is 63.8 Å². The van der Waals surface area contributed by atoms with Crippen LogP contribution in [0.3, 0.4) is 0 Å². The standard InChI is InChI=1S/C25H31N3O4S/c1-5-31-18-12-11-17(14-19(18)32-6-2)16(4)26-23(29)22-15(3)21-24(33-22)27-20-10-8-7-9-13-28(20)25(21)30/h11-12,14,16H,5-10,13H2,1-4H3,(H,26,29)/t16-/m1/s1. The van der Waals surface area contributed by atoms with E-state index < -0.39 is 0 Å². The van der Waals surface area contributed by atoms with Crippen molar-refractivity contribution in [3.63, 3.8) is 0 Å². The van der Waals surface area contributed by atoms with E-state index in [9.17, 15) is 9.59 Å². The van der Waals surface area contributed by atoms with Crippen molar-refractivity contribution in [1.82, 2.24) is 14.9 Å². The zero-order valence-electron chi connectivity index (χ0n) is 19.7. The van der Waals surface area contributed by atoms with Gasteiger partial charge in [-0.1, -0.05) is 12.5 Å². The molecule has 0 fully saturated rings. The van der Waals surface area contributed by atoms with E-state index in [4.69, 9.17) is 14.5 Å². The molecule has 1 aliphatic heterocycles. The number of fused-ring (bicyclic) bond motifs is 2. The van der Waals surface area contributed by atoms with Crippen LogP contribution in [0.15, 0.2) is 23.0 Å². The van der Waals surface area contributed by atoms with Gasteiger partial charge in [0.2, 0.25) is 0 Å².